The molecule has 6 heteroatoms. The van der Waals surface area contributed by atoms with Gasteiger partial charge in [-0.15, -0.1) is 0 Å². The van der Waals surface area contributed by atoms with Crippen LogP contribution in [0, 0.1) is 11.3 Å². The fourth-order valence-corrected chi connectivity index (χ4v) is 3.08. The Kier molecular flexibility index (Phi) is 5.14. The van der Waals surface area contributed by atoms with E-state index in [1.807, 2.05) is 36.0 Å². The number of ether oxygens (including phenoxy) is 2. The molecule has 6 nitrogen and oxygen atoms in total. The first-order chi connectivity index (χ1) is 11.7. The van der Waals surface area contributed by atoms with E-state index in [0.717, 1.165) is 37.3 Å². The third-order valence-electron chi connectivity index (χ3n) is 4.45. The first-order valence-corrected chi connectivity index (χ1v) is 8.09. The lowest BCUT2D eigenvalue weighted by atomic mass is 10.0. The lowest BCUT2D eigenvalue weighted by Crippen LogP contribution is -2.36. The van der Waals surface area contributed by atoms with E-state index in [4.69, 9.17) is 9.47 Å². The molecule has 1 aromatic heterocycles. The molecule has 3 rings (SSSR count). The first kappa shape index (κ1) is 16.5. The van der Waals surface area contributed by atoms with E-state index in [-0.39, 0.29) is 6.10 Å². The molecule has 0 aliphatic carbocycles. The number of rotatable bonds is 5. The second kappa shape index (κ2) is 7.47. The molecule has 0 unspecified atom stereocenters. The quantitative estimate of drug-likeness (QED) is 0.913. The van der Waals surface area contributed by atoms with E-state index < -0.39 is 0 Å². The van der Waals surface area contributed by atoms with Gasteiger partial charge in [-0.1, -0.05) is 6.07 Å². The van der Waals surface area contributed by atoms with Crippen molar-refractivity contribution in [1.29, 1.82) is 5.26 Å². The number of imidazole rings is 1. The SMILES string of the molecule is COc1ccc(CN[C@H]2CCO[C@H](c3cncn3C)C2)cc1C#N. The normalized spacial score (nSPS) is 20.5. The molecule has 1 fully saturated rings. The van der Waals surface area contributed by atoms with Crippen molar-refractivity contribution < 1.29 is 9.47 Å². The van der Waals surface area contributed by atoms with E-state index in [0.29, 0.717) is 17.4 Å². The van der Waals surface area contributed by atoms with Crippen LogP contribution in [0.5, 0.6) is 5.75 Å². The molecule has 2 atom stereocenters. The van der Waals surface area contributed by atoms with Crippen molar-refractivity contribution in [1.82, 2.24) is 14.9 Å². The Hall–Kier alpha value is -2.36. The van der Waals surface area contributed by atoms with Crippen molar-refractivity contribution in [3.8, 4) is 11.8 Å². The highest BCUT2D eigenvalue weighted by molar-refractivity contribution is 5.45. The van der Waals surface area contributed by atoms with Gasteiger partial charge < -0.3 is 19.4 Å². The van der Waals surface area contributed by atoms with E-state index in [1.54, 1.807) is 13.4 Å². The number of methoxy groups -OCH3 is 1. The number of aryl methyl sites for hydroxylation is 1. The van der Waals surface area contributed by atoms with Gasteiger partial charge in [0.05, 0.1) is 30.9 Å². The predicted molar refractivity (Wildman–Crippen MR) is 89.5 cm³/mol. The molecule has 1 aromatic carbocycles. The molecule has 0 radical (unpaired) electrons. The van der Waals surface area contributed by atoms with Crippen LogP contribution in [0.25, 0.3) is 0 Å². The maximum atomic E-state index is 9.18. The highest BCUT2D eigenvalue weighted by Gasteiger charge is 2.25. The number of hydrogen-bond acceptors (Lipinski definition) is 5. The Morgan fingerprint density at radius 2 is 2.38 bits per heavy atom. The summed E-state index contributed by atoms with van der Waals surface area (Å²) < 4.78 is 13.1. The molecule has 1 aliphatic rings. The van der Waals surface area contributed by atoms with Gasteiger partial charge >= 0.3 is 0 Å². The molecule has 24 heavy (non-hydrogen) atoms. The van der Waals surface area contributed by atoms with Gasteiger partial charge in [0, 0.05) is 26.2 Å². The Morgan fingerprint density at radius 1 is 1.50 bits per heavy atom. The van der Waals surface area contributed by atoms with Gasteiger partial charge in [-0.3, -0.25) is 0 Å². The summed E-state index contributed by atoms with van der Waals surface area (Å²) in [6.07, 6.45) is 5.65. The Morgan fingerprint density at radius 3 is 3.08 bits per heavy atom. The van der Waals surface area contributed by atoms with Crippen molar-refractivity contribution in [2.75, 3.05) is 13.7 Å². The van der Waals surface area contributed by atoms with Crippen LogP contribution in [0.15, 0.2) is 30.7 Å². The van der Waals surface area contributed by atoms with Gasteiger partial charge in [0.1, 0.15) is 17.9 Å². The monoisotopic (exact) mass is 326 g/mol. The van der Waals surface area contributed by atoms with Crippen LogP contribution < -0.4 is 10.1 Å². The molecular formula is C18H22N4O2. The lowest BCUT2D eigenvalue weighted by molar-refractivity contribution is -0.00404. The molecule has 0 bridgehead atoms. The highest BCUT2D eigenvalue weighted by Crippen LogP contribution is 2.28. The molecule has 1 N–H and O–H groups in total. The molecule has 126 valence electrons. The molecule has 1 aliphatic heterocycles. The Balaban J connectivity index is 1.60. The van der Waals surface area contributed by atoms with Crippen LogP contribution >= 0.6 is 0 Å². The number of aromatic nitrogens is 2. The molecule has 0 spiro atoms. The average Bonchev–Trinajstić information content (AvgIpc) is 3.06. The third kappa shape index (κ3) is 3.58. The smallest absolute Gasteiger partial charge is 0.136 e. The van der Waals surface area contributed by atoms with Crippen LogP contribution in [0.4, 0.5) is 0 Å². The molecule has 0 saturated carbocycles. The predicted octanol–water partition coefficient (Wildman–Crippen LogP) is 2.31. The Bertz CT molecular complexity index is 735. The van der Waals surface area contributed by atoms with Crippen LogP contribution in [0.2, 0.25) is 0 Å². The average molecular weight is 326 g/mol. The zero-order chi connectivity index (χ0) is 16.9. The first-order valence-electron chi connectivity index (χ1n) is 8.09. The van der Waals surface area contributed by atoms with Gasteiger partial charge in [0.25, 0.3) is 0 Å². The molecule has 0 amide bonds. The lowest BCUT2D eigenvalue weighted by Gasteiger charge is -2.30. The summed E-state index contributed by atoms with van der Waals surface area (Å²) in [4.78, 5) is 4.17. The molecular weight excluding hydrogens is 304 g/mol. The fraction of sp³-hybridized carbons (Fsp3) is 0.444. The number of nitrogens with one attached hydrogen (secondary N) is 1. The van der Waals surface area contributed by atoms with E-state index in [1.165, 1.54) is 0 Å². The van der Waals surface area contributed by atoms with Crippen molar-refractivity contribution in [2.24, 2.45) is 7.05 Å². The third-order valence-corrected chi connectivity index (χ3v) is 4.45. The van der Waals surface area contributed by atoms with Crippen molar-refractivity contribution >= 4 is 0 Å². The van der Waals surface area contributed by atoms with Gasteiger partial charge in [-0.2, -0.15) is 5.26 Å². The minimum absolute atomic E-state index is 0.0780. The van der Waals surface area contributed by atoms with Gasteiger partial charge in [-0.05, 0) is 30.5 Å². The second-order valence-corrected chi connectivity index (χ2v) is 6.04. The van der Waals surface area contributed by atoms with Crippen molar-refractivity contribution in [2.45, 2.75) is 31.5 Å². The summed E-state index contributed by atoms with van der Waals surface area (Å²) in [5, 5.41) is 12.8. The molecule has 2 heterocycles. The van der Waals surface area contributed by atoms with Crippen LogP contribution in [0.1, 0.15) is 35.8 Å². The van der Waals surface area contributed by atoms with Crippen LogP contribution in [0.3, 0.4) is 0 Å². The summed E-state index contributed by atoms with van der Waals surface area (Å²) >= 11 is 0. The summed E-state index contributed by atoms with van der Waals surface area (Å²) in [5.74, 6) is 0.614. The minimum atomic E-state index is 0.0780. The number of nitriles is 1. The van der Waals surface area contributed by atoms with Crippen molar-refractivity contribution in [3.05, 3.63) is 47.5 Å². The largest absolute Gasteiger partial charge is 0.495 e. The zero-order valence-electron chi connectivity index (χ0n) is 14.0. The minimum Gasteiger partial charge on any atom is -0.495 e. The van der Waals surface area contributed by atoms with Gasteiger partial charge in [0.2, 0.25) is 0 Å². The molecule has 1 saturated heterocycles. The maximum Gasteiger partial charge on any atom is 0.136 e. The second-order valence-electron chi connectivity index (χ2n) is 6.04. The summed E-state index contributed by atoms with van der Waals surface area (Å²) in [6.45, 7) is 1.46. The standard InChI is InChI=1S/C18H22N4O2/c1-22-12-20-11-16(22)18-8-15(5-6-24-18)21-10-13-3-4-17(23-2)14(7-13)9-19/h3-4,7,11-12,15,18,21H,5-6,8,10H2,1-2H3/t15-,18-/m0/s1. The topological polar surface area (TPSA) is 72.1 Å². The maximum absolute atomic E-state index is 9.18. The Labute approximate surface area is 142 Å². The van der Waals surface area contributed by atoms with Gasteiger partial charge in [0.15, 0.2) is 0 Å². The summed E-state index contributed by atoms with van der Waals surface area (Å²) in [7, 11) is 3.57. The van der Waals surface area contributed by atoms with E-state index in [2.05, 4.69) is 16.4 Å². The highest BCUT2D eigenvalue weighted by atomic mass is 16.5. The number of nitrogens with zero attached hydrogens (tertiary/aromatic N) is 3. The summed E-state index contributed by atoms with van der Waals surface area (Å²) in [5.41, 5.74) is 2.75. The zero-order valence-corrected chi connectivity index (χ0v) is 14.0. The van der Waals surface area contributed by atoms with Crippen LogP contribution in [-0.4, -0.2) is 29.3 Å². The van der Waals surface area contributed by atoms with E-state index >= 15 is 0 Å². The van der Waals surface area contributed by atoms with Gasteiger partial charge in [-0.25, -0.2) is 4.98 Å². The van der Waals surface area contributed by atoms with Crippen molar-refractivity contribution in [3.63, 3.8) is 0 Å². The molecule has 2 aromatic rings. The fourth-order valence-electron chi connectivity index (χ4n) is 3.08. The number of benzene rings is 1. The summed E-state index contributed by atoms with van der Waals surface area (Å²) in [6, 6.07) is 8.27. The van der Waals surface area contributed by atoms with Crippen LogP contribution in [-0.2, 0) is 18.3 Å². The number of hydrogen-bond donors (Lipinski definition) is 1. The van der Waals surface area contributed by atoms with E-state index in [9.17, 15) is 5.26 Å².